The molecule has 0 saturated carbocycles. The fourth-order valence-electron chi connectivity index (χ4n) is 2.44. The highest BCUT2D eigenvalue weighted by Crippen LogP contribution is 2.38. The van der Waals surface area contributed by atoms with Gasteiger partial charge in [0.15, 0.2) is 23.0 Å². The van der Waals surface area contributed by atoms with E-state index in [1.165, 1.54) is 6.33 Å². The van der Waals surface area contributed by atoms with Crippen molar-refractivity contribution in [2.45, 2.75) is 6.54 Å². The van der Waals surface area contributed by atoms with Gasteiger partial charge in [-0.1, -0.05) is 0 Å². The fraction of sp³-hybridized carbons (Fsp3) is 0.267. The number of anilines is 1. The average Bonchev–Trinajstić information content (AvgIpc) is 2.98. The van der Waals surface area contributed by atoms with Gasteiger partial charge in [0.2, 0.25) is 5.75 Å². The van der Waals surface area contributed by atoms with Crippen LogP contribution in [0.3, 0.4) is 0 Å². The molecule has 0 unspecified atom stereocenters. The van der Waals surface area contributed by atoms with Gasteiger partial charge in [-0.3, -0.25) is 0 Å². The highest BCUT2D eigenvalue weighted by Gasteiger charge is 2.14. The standard InChI is InChI=1S/C15H17N5O3/c1-21-10-4-9(5-11(22-2)13(10)23-3)6-20-8-19-12-14(16)17-7-18-15(12)20/h4-5,7-8H,6H2,1-3H3,(H2,16,17,18). The van der Waals surface area contributed by atoms with E-state index in [-0.39, 0.29) is 0 Å². The maximum atomic E-state index is 5.81. The maximum Gasteiger partial charge on any atom is 0.203 e. The second-order valence-electron chi connectivity index (χ2n) is 4.84. The quantitative estimate of drug-likeness (QED) is 0.761. The van der Waals surface area contributed by atoms with Crippen molar-refractivity contribution in [3.8, 4) is 17.2 Å². The molecule has 8 nitrogen and oxygen atoms in total. The molecule has 0 aliphatic rings. The second-order valence-corrected chi connectivity index (χ2v) is 4.84. The van der Waals surface area contributed by atoms with Gasteiger partial charge in [0.1, 0.15) is 11.8 Å². The van der Waals surface area contributed by atoms with Crippen LogP contribution >= 0.6 is 0 Å². The summed E-state index contributed by atoms with van der Waals surface area (Å²) in [6.45, 7) is 0.531. The smallest absolute Gasteiger partial charge is 0.203 e. The number of aromatic nitrogens is 4. The molecule has 23 heavy (non-hydrogen) atoms. The van der Waals surface area contributed by atoms with Crippen LogP contribution in [-0.4, -0.2) is 40.8 Å². The lowest BCUT2D eigenvalue weighted by molar-refractivity contribution is 0.323. The van der Waals surface area contributed by atoms with E-state index >= 15 is 0 Å². The molecule has 1 aromatic carbocycles. The number of methoxy groups -OCH3 is 3. The molecule has 0 fully saturated rings. The first-order valence-electron chi connectivity index (χ1n) is 6.88. The van der Waals surface area contributed by atoms with E-state index in [4.69, 9.17) is 19.9 Å². The van der Waals surface area contributed by atoms with E-state index in [1.807, 2.05) is 16.7 Å². The number of nitrogens with zero attached hydrogens (tertiary/aromatic N) is 4. The highest BCUT2D eigenvalue weighted by molar-refractivity contribution is 5.81. The van der Waals surface area contributed by atoms with Crippen LogP contribution in [0.4, 0.5) is 5.82 Å². The summed E-state index contributed by atoms with van der Waals surface area (Å²) < 4.78 is 18.0. The van der Waals surface area contributed by atoms with Crippen molar-refractivity contribution in [1.82, 2.24) is 19.5 Å². The lowest BCUT2D eigenvalue weighted by Gasteiger charge is -2.14. The third kappa shape index (κ3) is 2.59. The SMILES string of the molecule is COc1cc(Cn2cnc3c(N)ncnc32)cc(OC)c1OC. The zero-order chi connectivity index (χ0) is 16.4. The topological polar surface area (TPSA) is 97.3 Å². The minimum atomic E-state index is 0.360. The zero-order valence-electron chi connectivity index (χ0n) is 13.1. The summed E-state index contributed by atoms with van der Waals surface area (Å²) in [6, 6.07) is 3.77. The Labute approximate surface area is 132 Å². The van der Waals surface area contributed by atoms with Crippen LogP contribution in [0.1, 0.15) is 5.56 Å². The predicted octanol–water partition coefficient (Wildman–Crippen LogP) is 1.48. The van der Waals surface area contributed by atoms with Crippen LogP contribution in [-0.2, 0) is 6.54 Å². The third-order valence-electron chi connectivity index (χ3n) is 3.51. The Balaban J connectivity index is 2.03. The molecule has 8 heteroatoms. The van der Waals surface area contributed by atoms with Crippen molar-refractivity contribution < 1.29 is 14.2 Å². The molecule has 0 amide bonds. The lowest BCUT2D eigenvalue weighted by atomic mass is 10.1. The number of fused-ring (bicyclic) bond motifs is 1. The Morgan fingerprint density at radius 3 is 2.30 bits per heavy atom. The molecular formula is C15H17N5O3. The van der Waals surface area contributed by atoms with E-state index in [0.29, 0.717) is 40.8 Å². The fourth-order valence-corrected chi connectivity index (χ4v) is 2.44. The summed E-state index contributed by atoms with van der Waals surface area (Å²) in [5.74, 6) is 2.11. The van der Waals surface area contributed by atoms with Gasteiger partial charge >= 0.3 is 0 Å². The van der Waals surface area contributed by atoms with Crippen molar-refractivity contribution in [2.75, 3.05) is 27.1 Å². The monoisotopic (exact) mass is 315 g/mol. The zero-order valence-corrected chi connectivity index (χ0v) is 13.1. The number of rotatable bonds is 5. The number of benzene rings is 1. The molecule has 0 saturated heterocycles. The van der Waals surface area contributed by atoms with E-state index in [0.717, 1.165) is 5.56 Å². The summed E-state index contributed by atoms with van der Waals surface area (Å²) in [7, 11) is 4.74. The summed E-state index contributed by atoms with van der Waals surface area (Å²) in [5, 5.41) is 0. The summed E-state index contributed by atoms with van der Waals surface area (Å²) in [5.41, 5.74) is 8.02. The first kappa shape index (κ1) is 14.9. The Bertz CT molecular complexity index is 821. The number of nitrogen functional groups attached to an aromatic ring is 1. The van der Waals surface area contributed by atoms with Crippen LogP contribution in [0.5, 0.6) is 17.2 Å². The molecule has 0 atom stereocenters. The molecule has 3 rings (SSSR count). The number of nitrogens with two attached hydrogens (primary N) is 1. The van der Waals surface area contributed by atoms with Gasteiger partial charge in [0.25, 0.3) is 0 Å². The molecular weight excluding hydrogens is 298 g/mol. The van der Waals surface area contributed by atoms with Gasteiger partial charge in [-0.15, -0.1) is 0 Å². The Morgan fingerprint density at radius 2 is 1.70 bits per heavy atom. The van der Waals surface area contributed by atoms with E-state index < -0.39 is 0 Å². The molecule has 0 aliphatic heterocycles. The summed E-state index contributed by atoms with van der Waals surface area (Å²) in [4.78, 5) is 12.4. The molecule has 120 valence electrons. The first-order valence-corrected chi connectivity index (χ1v) is 6.88. The van der Waals surface area contributed by atoms with Crippen molar-refractivity contribution in [1.29, 1.82) is 0 Å². The van der Waals surface area contributed by atoms with Crippen LogP contribution in [0.2, 0.25) is 0 Å². The summed E-state index contributed by atoms with van der Waals surface area (Å²) in [6.07, 6.45) is 3.10. The number of imidazole rings is 1. The van der Waals surface area contributed by atoms with Gasteiger partial charge in [0.05, 0.1) is 34.2 Å². The van der Waals surface area contributed by atoms with E-state index in [1.54, 1.807) is 27.7 Å². The minimum Gasteiger partial charge on any atom is -0.493 e. The predicted molar refractivity (Wildman–Crippen MR) is 84.9 cm³/mol. The summed E-state index contributed by atoms with van der Waals surface area (Å²) >= 11 is 0. The van der Waals surface area contributed by atoms with Crippen LogP contribution in [0.25, 0.3) is 11.2 Å². The third-order valence-corrected chi connectivity index (χ3v) is 3.51. The largest absolute Gasteiger partial charge is 0.493 e. The number of ether oxygens (including phenoxy) is 3. The van der Waals surface area contributed by atoms with Gasteiger partial charge in [-0.25, -0.2) is 15.0 Å². The average molecular weight is 315 g/mol. The molecule has 2 N–H and O–H groups in total. The Kier molecular flexibility index (Phi) is 3.88. The van der Waals surface area contributed by atoms with Gasteiger partial charge in [0, 0.05) is 0 Å². The highest BCUT2D eigenvalue weighted by atomic mass is 16.5. The van der Waals surface area contributed by atoms with E-state index in [2.05, 4.69) is 15.0 Å². The number of hydrogen-bond donors (Lipinski definition) is 1. The molecule has 3 aromatic rings. The van der Waals surface area contributed by atoms with Crippen molar-refractivity contribution in [3.05, 3.63) is 30.4 Å². The second kappa shape index (κ2) is 5.99. The Morgan fingerprint density at radius 1 is 1.00 bits per heavy atom. The molecule has 2 aromatic heterocycles. The van der Waals surface area contributed by atoms with Crippen molar-refractivity contribution >= 4 is 17.0 Å². The molecule has 2 heterocycles. The molecule has 0 aliphatic carbocycles. The lowest BCUT2D eigenvalue weighted by Crippen LogP contribution is -2.03. The maximum absolute atomic E-state index is 5.81. The van der Waals surface area contributed by atoms with Gasteiger partial charge in [-0.05, 0) is 17.7 Å². The van der Waals surface area contributed by atoms with E-state index in [9.17, 15) is 0 Å². The van der Waals surface area contributed by atoms with Crippen molar-refractivity contribution in [3.63, 3.8) is 0 Å². The van der Waals surface area contributed by atoms with Crippen LogP contribution < -0.4 is 19.9 Å². The van der Waals surface area contributed by atoms with Crippen LogP contribution in [0, 0.1) is 0 Å². The first-order chi connectivity index (χ1) is 11.2. The normalized spacial score (nSPS) is 10.7. The molecule has 0 bridgehead atoms. The molecule has 0 radical (unpaired) electrons. The van der Waals surface area contributed by atoms with Gasteiger partial charge in [-0.2, -0.15) is 0 Å². The van der Waals surface area contributed by atoms with Crippen LogP contribution in [0.15, 0.2) is 24.8 Å². The minimum absolute atomic E-state index is 0.360. The molecule has 0 spiro atoms. The van der Waals surface area contributed by atoms with Crippen molar-refractivity contribution in [2.24, 2.45) is 0 Å². The van der Waals surface area contributed by atoms with Gasteiger partial charge < -0.3 is 24.5 Å². The number of hydrogen-bond acceptors (Lipinski definition) is 7. The Hall–Kier alpha value is -3.03.